The van der Waals surface area contributed by atoms with Crippen LogP contribution in [0.4, 0.5) is 0 Å². The topological polar surface area (TPSA) is 0 Å². The van der Waals surface area contributed by atoms with Gasteiger partial charge in [0, 0.05) is 0 Å². The quantitative estimate of drug-likeness (QED) is 0.509. The van der Waals surface area contributed by atoms with Crippen molar-refractivity contribution in [3.05, 3.63) is 23.3 Å². The number of allylic oxidation sites excluding steroid dienone is 4. The van der Waals surface area contributed by atoms with Gasteiger partial charge >= 0.3 is 0 Å². The lowest BCUT2D eigenvalue weighted by Crippen LogP contribution is -2.08. The minimum absolute atomic E-state index is 0.892. The smallest absolute Gasteiger partial charge is 0.0134 e. The lowest BCUT2D eigenvalue weighted by atomic mass is 9.87. The van der Waals surface area contributed by atoms with E-state index in [0.29, 0.717) is 0 Å². The molecule has 0 spiro atoms. The molecule has 0 heteroatoms. The fourth-order valence-electron chi connectivity index (χ4n) is 2.62. The molecule has 0 heterocycles. The van der Waals surface area contributed by atoms with E-state index in [1.807, 2.05) is 0 Å². The molecule has 0 aromatic rings. The van der Waals surface area contributed by atoms with Crippen molar-refractivity contribution >= 4 is 0 Å². The summed E-state index contributed by atoms with van der Waals surface area (Å²) in [6.45, 7) is 4.72. The first-order chi connectivity index (χ1) is 5.79. The van der Waals surface area contributed by atoms with Crippen LogP contribution in [0.15, 0.2) is 23.3 Å². The minimum atomic E-state index is 0.892. The molecule has 0 radical (unpaired) electrons. The molecular weight excluding hydrogens is 144 g/mol. The Morgan fingerprint density at radius 1 is 1.33 bits per heavy atom. The highest BCUT2D eigenvalue weighted by Crippen LogP contribution is 2.40. The summed E-state index contributed by atoms with van der Waals surface area (Å²) in [6.07, 6.45) is 10.2. The predicted molar refractivity (Wildman–Crippen MR) is 53.0 cm³/mol. The van der Waals surface area contributed by atoms with Gasteiger partial charge in [-0.2, -0.15) is 0 Å². The first kappa shape index (κ1) is 8.10. The molecule has 2 atom stereocenters. The van der Waals surface area contributed by atoms with Crippen LogP contribution in [0.2, 0.25) is 0 Å². The second-order valence-corrected chi connectivity index (χ2v) is 4.34. The number of hydrogen-bond donors (Lipinski definition) is 0. The van der Waals surface area contributed by atoms with Crippen LogP contribution in [-0.2, 0) is 0 Å². The highest BCUT2D eigenvalue weighted by atomic mass is 14.3. The second kappa shape index (κ2) is 3.08. The van der Waals surface area contributed by atoms with Gasteiger partial charge in [0.05, 0.1) is 0 Å². The van der Waals surface area contributed by atoms with Gasteiger partial charge in [-0.05, 0) is 50.0 Å². The van der Waals surface area contributed by atoms with E-state index in [4.69, 9.17) is 0 Å². The minimum Gasteiger partial charge on any atom is -0.0842 e. The summed E-state index contributed by atoms with van der Waals surface area (Å²) in [5.74, 6) is 1.80. The largest absolute Gasteiger partial charge is 0.0842 e. The first-order valence-corrected chi connectivity index (χ1v) is 5.15. The molecule has 0 saturated heterocycles. The van der Waals surface area contributed by atoms with Crippen LogP contribution in [0.25, 0.3) is 0 Å². The maximum Gasteiger partial charge on any atom is -0.0134 e. The van der Waals surface area contributed by atoms with E-state index < -0.39 is 0 Å². The van der Waals surface area contributed by atoms with Crippen LogP contribution in [0.1, 0.15) is 39.5 Å². The van der Waals surface area contributed by atoms with Crippen molar-refractivity contribution in [2.45, 2.75) is 39.5 Å². The van der Waals surface area contributed by atoms with Gasteiger partial charge in [-0.1, -0.05) is 24.6 Å². The number of rotatable bonds is 0. The molecule has 2 unspecified atom stereocenters. The van der Waals surface area contributed by atoms with E-state index >= 15 is 0 Å². The van der Waals surface area contributed by atoms with E-state index in [0.717, 1.165) is 11.8 Å². The molecular formula is C12H18. The molecule has 2 aliphatic rings. The van der Waals surface area contributed by atoms with Gasteiger partial charge in [-0.3, -0.25) is 0 Å². The van der Waals surface area contributed by atoms with Crippen LogP contribution < -0.4 is 0 Å². The van der Waals surface area contributed by atoms with Crippen molar-refractivity contribution in [3.8, 4) is 0 Å². The van der Waals surface area contributed by atoms with Crippen molar-refractivity contribution in [3.63, 3.8) is 0 Å². The van der Waals surface area contributed by atoms with Crippen molar-refractivity contribution in [2.24, 2.45) is 11.8 Å². The fraction of sp³-hybridized carbons (Fsp3) is 0.667. The summed E-state index contributed by atoms with van der Waals surface area (Å²) in [5, 5.41) is 0. The lowest BCUT2D eigenvalue weighted by molar-refractivity contribution is 0.394. The van der Waals surface area contributed by atoms with Crippen molar-refractivity contribution < 1.29 is 0 Å². The van der Waals surface area contributed by atoms with Gasteiger partial charge in [0.25, 0.3) is 0 Å². The Hall–Kier alpha value is -0.520. The maximum absolute atomic E-state index is 2.41. The van der Waals surface area contributed by atoms with Crippen LogP contribution in [0.5, 0.6) is 0 Å². The average molecular weight is 162 g/mol. The molecule has 0 nitrogen and oxygen atoms in total. The zero-order valence-electron chi connectivity index (χ0n) is 8.14. The maximum atomic E-state index is 2.41. The van der Waals surface area contributed by atoms with Gasteiger partial charge in [0.15, 0.2) is 0 Å². The van der Waals surface area contributed by atoms with Crippen LogP contribution in [-0.4, -0.2) is 0 Å². The van der Waals surface area contributed by atoms with E-state index in [2.05, 4.69) is 26.0 Å². The number of fused-ring (bicyclic) bond motifs is 1. The van der Waals surface area contributed by atoms with Gasteiger partial charge in [0.1, 0.15) is 0 Å². The predicted octanol–water partition coefficient (Wildman–Crippen LogP) is 3.70. The Morgan fingerprint density at radius 3 is 3.00 bits per heavy atom. The Bertz CT molecular complexity index is 232. The summed E-state index contributed by atoms with van der Waals surface area (Å²) in [6, 6.07) is 0. The summed E-state index contributed by atoms with van der Waals surface area (Å²) < 4.78 is 0. The van der Waals surface area contributed by atoms with Crippen LogP contribution >= 0.6 is 0 Å². The summed E-state index contributed by atoms with van der Waals surface area (Å²) in [4.78, 5) is 0. The average Bonchev–Trinajstić information content (AvgIpc) is 2.30. The normalized spacial score (nSPS) is 35.2. The van der Waals surface area contributed by atoms with E-state index in [-0.39, 0.29) is 0 Å². The molecule has 0 N–H and O–H groups in total. The van der Waals surface area contributed by atoms with E-state index in [1.54, 1.807) is 11.1 Å². The fourth-order valence-corrected chi connectivity index (χ4v) is 2.62. The summed E-state index contributed by atoms with van der Waals surface area (Å²) in [7, 11) is 0. The third-order valence-corrected chi connectivity index (χ3v) is 3.50. The Kier molecular flexibility index (Phi) is 2.08. The molecule has 12 heavy (non-hydrogen) atoms. The Balaban J connectivity index is 2.30. The zero-order chi connectivity index (χ0) is 8.55. The molecule has 2 aliphatic carbocycles. The standard InChI is InChI=1S/C12H18/c1-9-5-3-4-6-11-10(2)7-8-12(9)11/h4,6,9,12H,3,5,7-8H2,1-2H3. The summed E-state index contributed by atoms with van der Waals surface area (Å²) in [5.41, 5.74) is 3.31. The molecule has 66 valence electrons. The van der Waals surface area contributed by atoms with Crippen molar-refractivity contribution in [1.82, 2.24) is 0 Å². The van der Waals surface area contributed by atoms with E-state index in [1.165, 1.54) is 25.7 Å². The molecule has 0 saturated carbocycles. The zero-order valence-corrected chi connectivity index (χ0v) is 8.14. The van der Waals surface area contributed by atoms with Gasteiger partial charge < -0.3 is 0 Å². The van der Waals surface area contributed by atoms with Crippen molar-refractivity contribution in [2.75, 3.05) is 0 Å². The molecule has 0 aromatic heterocycles. The third-order valence-electron chi connectivity index (χ3n) is 3.50. The first-order valence-electron chi connectivity index (χ1n) is 5.15. The molecule has 0 aromatic carbocycles. The highest BCUT2D eigenvalue weighted by Gasteiger charge is 2.27. The Morgan fingerprint density at radius 2 is 2.17 bits per heavy atom. The van der Waals surface area contributed by atoms with Gasteiger partial charge in [-0.25, -0.2) is 0 Å². The number of hydrogen-bond acceptors (Lipinski definition) is 0. The van der Waals surface area contributed by atoms with Crippen LogP contribution in [0, 0.1) is 11.8 Å². The molecule has 0 aliphatic heterocycles. The summed E-state index contributed by atoms with van der Waals surface area (Å²) >= 11 is 0. The van der Waals surface area contributed by atoms with Gasteiger partial charge in [0.2, 0.25) is 0 Å². The van der Waals surface area contributed by atoms with Crippen molar-refractivity contribution in [1.29, 1.82) is 0 Å². The van der Waals surface area contributed by atoms with E-state index in [9.17, 15) is 0 Å². The molecule has 2 rings (SSSR count). The van der Waals surface area contributed by atoms with Gasteiger partial charge in [-0.15, -0.1) is 0 Å². The lowest BCUT2D eigenvalue weighted by Gasteiger charge is -2.18. The second-order valence-electron chi connectivity index (χ2n) is 4.34. The third kappa shape index (κ3) is 1.24. The molecule has 0 fully saturated rings. The van der Waals surface area contributed by atoms with Crippen LogP contribution in [0.3, 0.4) is 0 Å². The SMILES string of the molecule is CC1=C2C=CCCC(C)C2CC1. The molecule has 0 amide bonds. The Labute approximate surface area is 75.4 Å². The monoisotopic (exact) mass is 162 g/mol. The highest BCUT2D eigenvalue weighted by molar-refractivity contribution is 5.32. The molecule has 0 bridgehead atoms.